The van der Waals surface area contributed by atoms with Crippen molar-refractivity contribution in [1.29, 1.82) is 5.26 Å². The lowest BCUT2D eigenvalue weighted by molar-refractivity contribution is -0.104. The normalized spacial score (nSPS) is 32.9. The summed E-state index contributed by atoms with van der Waals surface area (Å²) in [5.41, 5.74) is -3.47. The molecule has 0 unspecified atom stereocenters. The summed E-state index contributed by atoms with van der Waals surface area (Å²) in [5.74, 6) is -0.651. The number of ketones is 1. The van der Waals surface area contributed by atoms with Crippen LogP contribution in [-0.4, -0.2) is 21.6 Å². The molecule has 1 aromatic rings. The first-order valence-corrected chi connectivity index (χ1v) is 5.45. The summed E-state index contributed by atoms with van der Waals surface area (Å²) in [7, 11) is 0. The Morgan fingerprint density at radius 3 is 2.67 bits per heavy atom. The maximum Gasteiger partial charge on any atom is 0.216 e. The molecule has 0 saturated heterocycles. The van der Waals surface area contributed by atoms with Crippen LogP contribution in [0.5, 0.6) is 0 Å². The fraction of sp³-hybridized carbons (Fsp3) is 0.231. The largest absolute Gasteiger partial charge is 0.372 e. The molecule has 1 aromatic carbocycles. The second-order valence-corrected chi connectivity index (χ2v) is 4.53. The smallest absolute Gasteiger partial charge is 0.216 e. The Labute approximate surface area is 103 Å². The van der Waals surface area contributed by atoms with E-state index in [0.717, 1.165) is 0 Å². The third-order valence-electron chi connectivity index (χ3n) is 3.63. The van der Waals surface area contributed by atoms with Crippen LogP contribution >= 0.6 is 0 Å². The van der Waals surface area contributed by atoms with Crippen LogP contribution in [0.4, 0.5) is 0 Å². The molecular weight excluding hydrogens is 232 g/mol. The van der Waals surface area contributed by atoms with Crippen molar-refractivity contribution in [3.63, 3.8) is 0 Å². The number of hydrogen-bond acceptors (Lipinski definition) is 5. The molecule has 5 heteroatoms. The quantitative estimate of drug-likeness (QED) is 0.602. The van der Waals surface area contributed by atoms with E-state index in [-0.39, 0.29) is 11.1 Å². The molecule has 0 radical (unpaired) electrons. The molecule has 90 valence electrons. The maximum absolute atomic E-state index is 12.3. The molecule has 0 spiro atoms. The van der Waals surface area contributed by atoms with E-state index in [9.17, 15) is 15.0 Å². The number of aliphatic hydroxyl groups is 2. The van der Waals surface area contributed by atoms with Gasteiger partial charge in [-0.2, -0.15) is 5.26 Å². The van der Waals surface area contributed by atoms with Crippen molar-refractivity contribution in [2.24, 2.45) is 0 Å². The van der Waals surface area contributed by atoms with E-state index in [1.807, 2.05) is 0 Å². The monoisotopic (exact) mass is 242 g/mol. The third kappa shape index (κ3) is 0.883. The second kappa shape index (κ2) is 2.99. The molecule has 5 nitrogen and oxygen atoms in total. The summed E-state index contributed by atoms with van der Waals surface area (Å²) in [6.07, 6.45) is 0. The number of fused-ring (bicyclic) bond motifs is 3. The predicted octanol–water partition coefficient (Wildman–Crippen LogP) is 0.160. The highest BCUT2D eigenvalue weighted by molar-refractivity contribution is 6.11. The fourth-order valence-electron chi connectivity index (χ4n) is 2.77. The first kappa shape index (κ1) is 11.0. The van der Waals surface area contributed by atoms with Crippen LogP contribution in [0.2, 0.25) is 0 Å². The van der Waals surface area contributed by atoms with Crippen molar-refractivity contribution in [1.82, 2.24) is 5.32 Å². The van der Waals surface area contributed by atoms with Crippen molar-refractivity contribution >= 4 is 5.78 Å². The van der Waals surface area contributed by atoms with Gasteiger partial charge in [0, 0.05) is 16.8 Å². The highest BCUT2D eigenvalue weighted by Gasteiger charge is 2.68. The summed E-state index contributed by atoms with van der Waals surface area (Å²) in [6.45, 7) is 1.54. The molecule has 2 aliphatic rings. The van der Waals surface area contributed by atoms with Crippen LogP contribution in [0.1, 0.15) is 22.8 Å². The van der Waals surface area contributed by atoms with Gasteiger partial charge in [0.05, 0.1) is 5.57 Å². The standard InChI is InChI=1S/C13H10N2O3/c1-7-10(6-14)12(17)11(16)8-4-2-3-5-9(8)13(12,18)15-7/h2-5,15,17-18H,1H3/t12-,13+/m0/s1. The zero-order valence-electron chi connectivity index (χ0n) is 9.56. The predicted molar refractivity (Wildman–Crippen MR) is 61.1 cm³/mol. The minimum absolute atomic E-state index is 0.133. The van der Waals surface area contributed by atoms with Crippen LogP contribution in [0.15, 0.2) is 35.5 Å². The number of carbonyl (C=O) groups is 1. The molecule has 0 fully saturated rings. The highest BCUT2D eigenvalue weighted by Crippen LogP contribution is 2.50. The second-order valence-electron chi connectivity index (χ2n) is 4.53. The van der Waals surface area contributed by atoms with E-state index in [0.29, 0.717) is 11.3 Å². The number of nitriles is 1. The fourth-order valence-corrected chi connectivity index (χ4v) is 2.77. The molecular formula is C13H10N2O3. The summed E-state index contributed by atoms with van der Waals surface area (Å²) in [4.78, 5) is 12.3. The molecule has 0 amide bonds. The molecule has 0 saturated carbocycles. The number of benzene rings is 1. The number of carbonyl (C=O) groups excluding carboxylic acids is 1. The Hall–Kier alpha value is -2.16. The van der Waals surface area contributed by atoms with Gasteiger partial charge in [-0.1, -0.05) is 24.3 Å². The lowest BCUT2D eigenvalue weighted by Gasteiger charge is -2.31. The van der Waals surface area contributed by atoms with Crippen LogP contribution in [0.3, 0.4) is 0 Å². The Balaban J connectivity index is 2.35. The number of hydrogen-bond donors (Lipinski definition) is 3. The zero-order valence-corrected chi connectivity index (χ0v) is 9.56. The molecule has 18 heavy (non-hydrogen) atoms. The topological polar surface area (TPSA) is 93.3 Å². The van der Waals surface area contributed by atoms with E-state index in [1.54, 1.807) is 31.2 Å². The molecule has 3 rings (SSSR count). The van der Waals surface area contributed by atoms with Gasteiger partial charge in [0.2, 0.25) is 17.1 Å². The van der Waals surface area contributed by atoms with Gasteiger partial charge in [0.15, 0.2) is 0 Å². The Morgan fingerprint density at radius 2 is 2.00 bits per heavy atom. The zero-order chi connectivity index (χ0) is 13.1. The highest BCUT2D eigenvalue weighted by atomic mass is 16.4. The number of Topliss-reactive ketones (excluding diaryl/α,β-unsaturated/α-hetero) is 1. The average Bonchev–Trinajstić information content (AvgIpc) is 2.65. The third-order valence-corrected chi connectivity index (χ3v) is 3.63. The molecule has 1 heterocycles. The molecule has 0 bridgehead atoms. The molecule has 1 aliphatic heterocycles. The van der Waals surface area contributed by atoms with E-state index in [2.05, 4.69) is 5.32 Å². The number of rotatable bonds is 0. The molecule has 0 aromatic heterocycles. The lowest BCUT2D eigenvalue weighted by atomic mass is 9.86. The van der Waals surface area contributed by atoms with Crippen molar-refractivity contribution in [3.05, 3.63) is 46.7 Å². The van der Waals surface area contributed by atoms with Gasteiger partial charge < -0.3 is 15.5 Å². The van der Waals surface area contributed by atoms with E-state index in [4.69, 9.17) is 5.26 Å². The van der Waals surface area contributed by atoms with Crippen LogP contribution < -0.4 is 5.32 Å². The van der Waals surface area contributed by atoms with Crippen molar-refractivity contribution in [3.8, 4) is 6.07 Å². The van der Waals surface area contributed by atoms with Gasteiger partial charge in [0.25, 0.3) is 0 Å². The summed E-state index contributed by atoms with van der Waals surface area (Å²) in [6, 6.07) is 8.20. The number of nitrogens with one attached hydrogen (secondary N) is 1. The van der Waals surface area contributed by atoms with Gasteiger partial charge in [0.1, 0.15) is 6.07 Å². The first-order chi connectivity index (χ1) is 8.46. The molecule has 3 N–H and O–H groups in total. The van der Waals surface area contributed by atoms with Crippen LogP contribution in [0, 0.1) is 11.3 Å². The Morgan fingerprint density at radius 1 is 1.33 bits per heavy atom. The molecule has 1 aliphatic carbocycles. The SMILES string of the molecule is CC1=C(C#N)[C@]2(O)C(=O)c3ccccc3[C@]2(O)N1. The van der Waals surface area contributed by atoms with Gasteiger partial charge in [-0.15, -0.1) is 0 Å². The van der Waals surface area contributed by atoms with Crippen LogP contribution in [0.25, 0.3) is 0 Å². The minimum atomic E-state index is -2.23. The van der Waals surface area contributed by atoms with Gasteiger partial charge in [-0.05, 0) is 6.92 Å². The van der Waals surface area contributed by atoms with E-state index >= 15 is 0 Å². The van der Waals surface area contributed by atoms with E-state index in [1.165, 1.54) is 6.07 Å². The van der Waals surface area contributed by atoms with Gasteiger partial charge >= 0.3 is 0 Å². The van der Waals surface area contributed by atoms with E-state index < -0.39 is 17.1 Å². The Bertz CT molecular complexity index is 658. The number of allylic oxidation sites excluding steroid dienone is 1. The lowest BCUT2D eigenvalue weighted by Crippen LogP contribution is -2.55. The van der Waals surface area contributed by atoms with Crippen molar-refractivity contribution in [2.45, 2.75) is 18.2 Å². The molecule has 2 atom stereocenters. The van der Waals surface area contributed by atoms with Crippen LogP contribution in [-0.2, 0) is 5.72 Å². The van der Waals surface area contributed by atoms with Gasteiger partial charge in [-0.25, -0.2) is 0 Å². The maximum atomic E-state index is 12.3. The Kier molecular flexibility index (Phi) is 1.82. The average molecular weight is 242 g/mol. The van der Waals surface area contributed by atoms with Crippen molar-refractivity contribution < 1.29 is 15.0 Å². The first-order valence-electron chi connectivity index (χ1n) is 5.45. The summed E-state index contributed by atoms with van der Waals surface area (Å²) in [5, 5.41) is 32.9. The van der Waals surface area contributed by atoms with Gasteiger partial charge in [-0.3, -0.25) is 4.79 Å². The minimum Gasteiger partial charge on any atom is -0.372 e. The summed E-state index contributed by atoms with van der Waals surface area (Å²) >= 11 is 0. The number of nitrogens with zero attached hydrogens (tertiary/aromatic N) is 1. The van der Waals surface area contributed by atoms with Crippen molar-refractivity contribution in [2.75, 3.05) is 0 Å². The summed E-state index contributed by atoms with van der Waals surface area (Å²) < 4.78 is 0.